The third-order valence-electron chi connectivity index (χ3n) is 3.96. The van der Waals surface area contributed by atoms with Gasteiger partial charge in [0.15, 0.2) is 0 Å². The zero-order chi connectivity index (χ0) is 17.2. The Hall–Kier alpha value is -2.87. The number of nitrogens with zero attached hydrogens (tertiary/aromatic N) is 1. The van der Waals surface area contributed by atoms with E-state index in [0.717, 1.165) is 30.7 Å². The summed E-state index contributed by atoms with van der Waals surface area (Å²) in [5.74, 6) is 0.880. The van der Waals surface area contributed by atoms with E-state index in [9.17, 15) is 0 Å². The minimum atomic E-state index is 0.591. The van der Waals surface area contributed by atoms with E-state index in [0.29, 0.717) is 6.61 Å². The molecule has 0 spiro atoms. The first-order valence-corrected chi connectivity index (χ1v) is 8.71. The molecule has 0 aliphatic carbocycles. The largest absolute Gasteiger partial charge is 0.489 e. The van der Waals surface area contributed by atoms with Crippen molar-refractivity contribution in [2.75, 3.05) is 6.54 Å². The second-order valence-corrected chi connectivity index (χ2v) is 5.97. The van der Waals surface area contributed by atoms with Crippen molar-refractivity contribution < 1.29 is 4.74 Å². The van der Waals surface area contributed by atoms with Crippen LogP contribution in [0.2, 0.25) is 0 Å². The molecule has 3 aromatic rings. The molecular weight excluding hydrogens is 306 g/mol. The standard InChI is InChI=1S/C23H23NO/c1-3-8-20(9-4-1)12-7-17-24-18-21-13-15-23(16-14-21)25-19-22-10-5-2-6-11-22/h1-6,8-11,13-16,18H,7,12,17,19H2/b24-18+. The Morgan fingerprint density at radius 3 is 2.04 bits per heavy atom. The summed E-state index contributed by atoms with van der Waals surface area (Å²) in [4.78, 5) is 4.51. The van der Waals surface area contributed by atoms with Crippen LogP contribution in [0.4, 0.5) is 0 Å². The van der Waals surface area contributed by atoms with E-state index in [4.69, 9.17) is 4.74 Å². The van der Waals surface area contributed by atoms with E-state index < -0.39 is 0 Å². The monoisotopic (exact) mass is 329 g/mol. The maximum Gasteiger partial charge on any atom is 0.119 e. The molecule has 0 heterocycles. The molecule has 126 valence electrons. The highest BCUT2D eigenvalue weighted by Crippen LogP contribution is 2.13. The lowest BCUT2D eigenvalue weighted by Gasteiger charge is -2.06. The summed E-state index contributed by atoms with van der Waals surface area (Å²) in [5, 5.41) is 0. The maximum atomic E-state index is 5.79. The number of hydrogen-bond acceptors (Lipinski definition) is 2. The smallest absolute Gasteiger partial charge is 0.119 e. The molecule has 25 heavy (non-hydrogen) atoms. The van der Waals surface area contributed by atoms with Gasteiger partial charge in [0.2, 0.25) is 0 Å². The lowest BCUT2D eigenvalue weighted by Crippen LogP contribution is -1.95. The van der Waals surface area contributed by atoms with Crippen molar-refractivity contribution in [3.63, 3.8) is 0 Å². The molecule has 3 aromatic carbocycles. The van der Waals surface area contributed by atoms with Gasteiger partial charge in [-0.05, 0) is 53.8 Å². The molecule has 0 saturated carbocycles. The van der Waals surface area contributed by atoms with Gasteiger partial charge in [-0.25, -0.2) is 0 Å². The Balaban J connectivity index is 1.41. The summed E-state index contributed by atoms with van der Waals surface area (Å²) < 4.78 is 5.79. The summed E-state index contributed by atoms with van der Waals surface area (Å²) in [6.45, 7) is 1.44. The minimum Gasteiger partial charge on any atom is -0.489 e. The zero-order valence-electron chi connectivity index (χ0n) is 14.3. The quantitative estimate of drug-likeness (QED) is 0.405. The van der Waals surface area contributed by atoms with Crippen LogP contribution in [-0.2, 0) is 13.0 Å². The molecule has 0 aliphatic rings. The second-order valence-electron chi connectivity index (χ2n) is 5.97. The predicted molar refractivity (Wildman–Crippen MR) is 104 cm³/mol. The zero-order valence-corrected chi connectivity index (χ0v) is 14.3. The number of benzene rings is 3. The van der Waals surface area contributed by atoms with E-state index in [2.05, 4.69) is 47.5 Å². The van der Waals surface area contributed by atoms with E-state index in [1.807, 2.05) is 48.7 Å². The molecule has 0 fully saturated rings. The molecule has 3 rings (SSSR count). The van der Waals surface area contributed by atoms with Crippen molar-refractivity contribution in [1.29, 1.82) is 0 Å². The van der Waals surface area contributed by atoms with E-state index in [1.54, 1.807) is 0 Å². The van der Waals surface area contributed by atoms with Crippen molar-refractivity contribution in [3.05, 3.63) is 102 Å². The summed E-state index contributed by atoms with van der Waals surface area (Å²) >= 11 is 0. The fraction of sp³-hybridized carbons (Fsp3) is 0.174. The Labute approximate surface area is 149 Å². The van der Waals surface area contributed by atoms with Crippen LogP contribution in [0, 0.1) is 0 Å². The van der Waals surface area contributed by atoms with Crippen LogP contribution in [0.25, 0.3) is 0 Å². The fourth-order valence-corrected chi connectivity index (χ4v) is 2.58. The number of ether oxygens (including phenoxy) is 1. The van der Waals surface area contributed by atoms with Crippen molar-refractivity contribution in [2.45, 2.75) is 19.4 Å². The van der Waals surface area contributed by atoms with Crippen LogP contribution in [0.5, 0.6) is 5.75 Å². The predicted octanol–water partition coefficient (Wildman–Crippen LogP) is 5.32. The lowest BCUT2D eigenvalue weighted by atomic mass is 10.1. The first-order chi connectivity index (χ1) is 12.4. The van der Waals surface area contributed by atoms with Crippen molar-refractivity contribution >= 4 is 6.21 Å². The minimum absolute atomic E-state index is 0.591. The van der Waals surface area contributed by atoms with Crippen molar-refractivity contribution in [1.82, 2.24) is 0 Å². The molecule has 0 unspecified atom stereocenters. The van der Waals surface area contributed by atoms with Crippen LogP contribution >= 0.6 is 0 Å². The molecule has 2 heteroatoms. The first kappa shape index (κ1) is 17.0. The third kappa shape index (κ3) is 5.92. The van der Waals surface area contributed by atoms with Gasteiger partial charge in [-0.2, -0.15) is 0 Å². The number of hydrogen-bond donors (Lipinski definition) is 0. The van der Waals surface area contributed by atoms with Gasteiger partial charge in [-0.1, -0.05) is 60.7 Å². The van der Waals surface area contributed by atoms with Crippen LogP contribution in [0.15, 0.2) is 89.9 Å². The summed E-state index contributed by atoms with van der Waals surface area (Å²) in [7, 11) is 0. The van der Waals surface area contributed by atoms with Crippen LogP contribution in [0.1, 0.15) is 23.1 Å². The number of aryl methyl sites for hydroxylation is 1. The van der Waals surface area contributed by atoms with Gasteiger partial charge in [-0.15, -0.1) is 0 Å². The van der Waals surface area contributed by atoms with Gasteiger partial charge < -0.3 is 4.74 Å². The van der Waals surface area contributed by atoms with Gasteiger partial charge in [0.25, 0.3) is 0 Å². The molecule has 0 radical (unpaired) electrons. The van der Waals surface area contributed by atoms with Gasteiger partial charge in [0, 0.05) is 12.8 Å². The Bertz CT molecular complexity index is 764. The first-order valence-electron chi connectivity index (χ1n) is 8.71. The van der Waals surface area contributed by atoms with Crippen molar-refractivity contribution in [2.24, 2.45) is 4.99 Å². The molecule has 0 amide bonds. The molecular formula is C23H23NO. The number of rotatable bonds is 8. The molecule has 0 bridgehead atoms. The van der Waals surface area contributed by atoms with Crippen LogP contribution < -0.4 is 4.74 Å². The fourth-order valence-electron chi connectivity index (χ4n) is 2.58. The highest BCUT2D eigenvalue weighted by Gasteiger charge is 1.96. The Morgan fingerprint density at radius 2 is 1.36 bits per heavy atom. The van der Waals surface area contributed by atoms with Gasteiger partial charge in [0.1, 0.15) is 12.4 Å². The topological polar surface area (TPSA) is 21.6 Å². The lowest BCUT2D eigenvalue weighted by molar-refractivity contribution is 0.306. The third-order valence-corrected chi connectivity index (χ3v) is 3.96. The second kappa shape index (κ2) is 9.43. The average Bonchev–Trinajstić information content (AvgIpc) is 2.69. The summed E-state index contributed by atoms with van der Waals surface area (Å²) in [6, 6.07) is 28.8. The van der Waals surface area contributed by atoms with Gasteiger partial charge >= 0.3 is 0 Å². The van der Waals surface area contributed by atoms with Crippen molar-refractivity contribution in [3.8, 4) is 5.75 Å². The molecule has 0 N–H and O–H groups in total. The average molecular weight is 329 g/mol. The summed E-state index contributed by atoms with van der Waals surface area (Å²) in [5.41, 5.74) is 3.65. The SMILES string of the molecule is C(=N\CCCc1ccccc1)/c1ccc(OCc2ccccc2)cc1. The molecule has 0 saturated heterocycles. The Kier molecular flexibility index (Phi) is 6.40. The Morgan fingerprint density at radius 1 is 0.720 bits per heavy atom. The highest BCUT2D eigenvalue weighted by molar-refractivity contribution is 5.79. The molecule has 2 nitrogen and oxygen atoms in total. The van der Waals surface area contributed by atoms with E-state index in [1.165, 1.54) is 11.1 Å². The molecule has 0 aromatic heterocycles. The summed E-state index contributed by atoms with van der Waals surface area (Å²) in [6.07, 6.45) is 4.08. The van der Waals surface area contributed by atoms with Crippen LogP contribution in [0.3, 0.4) is 0 Å². The van der Waals surface area contributed by atoms with Gasteiger partial charge in [-0.3, -0.25) is 4.99 Å². The van der Waals surface area contributed by atoms with Crippen LogP contribution in [-0.4, -0.2) is 12.8 Å². The molecule has 0 aliphatic heterocycles. The molecule has 0 atom stereocenters. The maximum absolute atomic E-state index is 5.79. The normalized spacial score (nSPS) is 10.9. The van der Waals surface area contributed by atoms with Gasteiger partial charge in [0.05, 0.1) is 0 Å². The van der Waals surface area contributed by atoms with E-state index >= 15 is 0 Å². The number of aliphatic imine (C=N–C) groups is 1. The highest BCUT2D eigenvalue weighted by atomic mass is 16.5. The van der Waals surface area contributed by atoms with E-state index in [-0.39, 0.29) is 0 Å².